The number of ether oxygens (including phenoxy) is 2. The van der Waals surface area contributed by atoms with E-state index < -0.39 is 0 Å². The van der Waals surface area contributed by atoms with E-state index in [0.29, 0.717) is 6.54 Å². The third-order valence-electron chi connectivity index (χ3n) is 3.97. The number of nitrogens with one attached hydrogen (secondary N) is 2. The maximum absolute atomic E-state index is 12.0. The molecule has 2 unspecified atom stereocenters. The predicted octanol–water partition coefficient (Wildman–Crippen LogP) is 2.52. The lowest BCUT2D eigenvalue weighted by molar-refractivity contribution is -0.142. The van der Waals surface area contributed by atoms with Crippen LogP contribution in [0, 0.1) is 0 Å². The summed E-state index contributed by atoms with van der Waals surface area (Å²) >= 11 is 0. The van der Waals surface area contributed by atoms with Crippen LogP contribution in [0.5, 0.6) is 5.75 Å². The summed E-state index contributed by atoms with van der Waals surface area (Å²) in [6.45, 7) is 2.67. The average molecular weight is 311 g/mol. The Hall–Kier alpha value is -1.72. The molecule has 114 valence electrons. The van der Waals surface area contributed by atoms with E-state index in [9.17, 15) is 4.79 Å². The summed E-state index contributed by atoms with van der Waals surface area (Å²) in [5.41, 5.74) is 3.09. The number of methoxy groups -OCH3 is 2. The Morgan fingerprint density at radius 2 is 2.10 bits per heavy atom. The highest BCUT2D eigenvalue weighted by Crippen LogP contribution is 2.37. The normalized spacial score (nSPS) is 20.5. The number of hydrogen-bond acceptors (Lipinski definition) is 4. The molecule has 2 aromatic rings. The Morgan fingerprint density at radius 1 is 1.33 bits per heavy atom. The van der Waals surface area contributed by atoms with Crippen molar-refractivity contribution in [3.63, 3.8) is 0 Å². The lowest BCUT2D eigenvalue weighted by Gasteiger charge is -2.26. The Balaban J connectivity index is 0.00000161. The van der Waals surface area contributed by atoms with E-state index in [-0.39, 0.29) is 30.3 Å². The van der Waals surface area contributed by atoms with Crippen molar-refractivity contribution in [1.82, 2.24) is 10.3 Å². The molecule has 0 amide bonds. The van der Waals surface area contributed by atoms with Crippen LogP contribution in [-0.4, -0.2) is 31.7 Å². The summed E-state index contributed by atoms with van der Waals surface area (Å²) in [6.07, 6.45) is 0. The van der Waals surface area contributed by atoms with E-state index in [0.717, 1.165) is 27.9 Å². The summed E-state index contributed by atoms with van der Waals surface area (Å²) in [5.74, 6) is 0.288. The lowest BCUT2D eigenvalue weighted by atomic mass is 9.90. The van der Waals surface area contributed by atoms with Crippen molar-refractivity contribution in [2.75, 3.05) is 20.8 Å². The smallest absolute Gasteiger partial charge is 0.314 e. The van der Waals surface area contributed by atoms with E-state index in [1.165, 1.54) is 7.11 Å². The Morgan fingerprint density at radius 3 is 2.76 bits per heavy atom. The van der Waals surface area contributed by atoms with E-state index in [1.807, 2.05) is 18.2 Å². The van der Waals surface area contributed by atoms with Gasteiger partial charge in [-0.15, -0.1) is 12.4 Å². The van der Waals surface area contributed by atoms with Crippen LogP contribution in [0.4, 0.5) is 0 Å². The van der Waals surface area contributed by atoms with Gasteiger partial charge in [-0.2, -0.15) is 0 Å². The number of esters is 1. The lowest BCUT2D eigenvalue weighted by Crippen LogP contribution is -2.35. The zero-order chi connectivity index (χ0) is 14.3. The third-order valence-corrected chi connectivity index (χ3v) is 3.97. The van der Waals surface area contributed by atoms with Gasteiger partial charge < -0.3 is 19.8 Å². The quantitative estimate of drug-likeness (QED) is 0.837. The van der Waals surface area contributed by atoms with Gasteiger partial charge in [0.2, 0.25) is 0 Å². The molecule has 1 aliphatic heterocycles. The molecule has 1 aromatic carbocycles. The third kappa shape index (κ3) is 2.47. The molecule has 3 rings (SSSR count). The van der Waals surface area contributed by atoms with Crippen molar-refractivity contribution in [2.45, 2.75) is 18.9 Å². The number of aromatic amines is 1. The summed E-state index contributed by atoms with van der Waals surface area (Å²) in [7, 11) is 3.07. The molecule has 0 saturated heterocycles. The highest BCUT2D eigenvalue weighted by atomic mass is 35.5. The van der Waals surface area contributed by atoms with E-state index >= 15 is 0 Å². The van der Waals surface area contributed by atoms with Crippen molar-refractivity contribution < 1.29 is 14.3 Å². The van der Waals surface area contributed by atoms with Crippen LogP contribution in [0.2, 0.25) is 0 Å². The topological polar surface area (TPSA) is 63.3 Å². The molecule has 0 bridgehead atoms. The van der Waals surface area contributed by atoms with Gasteiger partial charge in [-0.05, 0) is 30.7 Å². The molecule has 0 fully saturated rings. The van der Waals surface area contributed by atoms with Crippen LogP contribution < -0.4 is 10.1 Å². The summed E-state index contributed by atoms with van der Waals surface area (Å²) in [4.78, 5) is 15.4. The standard InChI is InChI=1S/C15H18N2O3.ClH/c1-8-14-13(11(7-16-8)15(18)20-3)10-6-9(19-2)4-5-12(10)17-14;/h4-6,8,11,16-17H,7H2,1-3H3;1H. The van der Waals surface area contributed by atoms with Crippen LogP contribution in [0.25, 0.3) is 10.9 Å². The fraction of sp³-hybridized carbons (Fsp3) is 0.400. The Labute approximate surface area is 129 Å². The maximum Gasteiger partial charge on any atom is 0.314 e. The van der Waals surface area contributed by atoms with Crippen LogP contribution in [0.15, 0.2) is 18.2 Å². The molecule has 6 heteroatoms. The van der Waals surface area contributed by atoms with Gasteiger partial charge >= 0.3 is 5.97 Å². The van der Waals surface area contributed by atoms with Crippen molar-refractivity contribution in [3.05, 3.63) is 29.5 Å². The number of benzene rings is 1. The Kier molecular flexibility index (Phi) is 4.44. The predicted molar refractivity (Wildman–Crippen MR) is 83.3 cm³/mol. The van der Waals surface area contributed by atoms with Gasteiger partial charge in [0.05, 0.1) is 20.1 Å². The molecular weight excluding hydrogens is 292 g/mol. The molecule has 0 saturated carbocycles. The number of carbonyl (C=O) groups excluding carboxylic acids is 1. The van der Waals surface area contributed by atoms with Gasteiger partial charge in [0.25, 0.3) is 0 Å². The van der Waals surface area contributed by atoms with Crippen molar-refractivity contribution in [3.8, 4) is 5.75 Å². The number of fused-ring (bicyclic) bond motifs is 3. The molecule has 2 heterocycles. The molecule has 0 spiro atoms. The van der Waals surface area contributed by atoms with Crippen LogP contribution in [0.3, 0.4) is 0 Å². The second kappa shape index (κ2) is 5.95. The number of carbonyl (C=O) groups is 1. The summed E-state index contributed by atoms with van der Waals surface area (Å²) in [6, 6.07) is 6.05. The molecule has 5 nitrogen and oxygen atoms in total. The molecule has 1 aromatic heterocycles. The Bertz CT molecular complexity index is 668. The first-order valence-electron chi connectivity index (χ1n) is 6.66. The molecule has 21 heavy (non-hydrogen) atoms. The number of hydrogen-bond donors (Lipinski definition) is 2. The second-order valence-corrected chi connectivity index (χ2v) is 5.07. The van der Waals surface area contributed by atoms with Gasteiger partial charge in [-0.3, -0.25) is 4.79 Å². The molecule has 2 atom stereocenters. The first-order chi connectivity index (χ1) is 9.65. The average Bonchev–Trinajstić information content (AvgIpc) is 2.86. The van der Waals surface area contributed by atoms with E-state index in [4.69, 9.17) is 9.47 Å². The monoisotopic (exact) mass is 310 g/mol. The zero-order valence-corrected chi connectivity index (χ0v) is 13.0. The van der Waals surface area contributed by atoms with Crippen molar-refractivity contribution >= 4 is 29.3 Å². The number of halogens is 1. The van der Waals surface area contributed by atoms with Crippen LogP contribution in [0.1, 0.15) is 30.1 Å². The second-order valence-electron chi connectivity index (χ2n) is 5.07. The van der Waals surface area contributed by atoms with Gasteiger partial charge in [0, 0.05) is 29.2 Å². The van der Waals surface area contributed by atoms with Gasteiger partial charge in [0.1, 0.15) is 5.75 Å². The van der Waals surface area contributed by atoms with E-state index in [2.05, 4.69) is 17.2 Å². The molecule has 1 aliphatic rings. The fourth-order valence-electron chi connectivity index (χ4n) is 2.90. The highest BCUT2D eigenvalue weighted by molar-refractivity contribution is 5.92. The fourth-order valence-corrected chi connectivity index (χ4v) is 2.90. The van der Waals surface area contributed by atoms with Crippen LogP contribution in [-0.2, 0) is 9.53 Å². The molecule has 0 aliphatic carbocycles. The number of aromatic nitrogens is 1. The van der Waals surface area contributed by atoms with Crippen molar-refractivity contribution in [2.24, 2.45) is 0 Å². The van der Waals surface area contributed by atoms with Crippen LogP contribution >= 0.6 is 12.4 Å². The minimum Gasteiger partial charge on any atom is -0.497 e. The molecular formula is C15H19ClN2O3. The van der Waals surface area contributed by atoms with Gasteiger partial charge in [-0.1, -0.05) is 0 Å². The maximum atomic E-state index is 12.0. The first-order valence-corrected chi connectivity index (χ1v) is 6.66. The minimum absolute atomic E-state index is 0. The zero-order valence-electron chi connectivity index (χ0n) is 12.2. The van der Waals surface area contributed by atoms with E-state index in [1.54, 1.807) is 7.11 Å². The minimum atomic E-state index is -0.285. The number of H-pyrrole nitrogens is 1. The SMILES string of the molecule is COC(=O)C1CNC(C)c2[nH]c3ccc(OC)cc3c21.Cl. The van der Waals surface area contributed by atoms with Gasteiger partial charge in [-0.25, -0.2) is 0 Å². The summed E-state index contributed by atoms with van der Waals surface area (Å²) in [5, 5.41) is 4.36. The molecule has 2 N–H and O–H groups in total. The van der Waals surface area contributed by atoms with Gasteiger partial charge in [0.15, 0.2) is 0 Å². The summed E-state index contributed by atoms with van der Waals surface area (Å²) < 4.78 is 10.2. The first kappa shape index (κ1) is 15.7. The van der Waals surface area contributed by atoms with Crippen molar-refractivity contribution in [1.29, 1.82) is 0 Å². The molecule has 0 radical (unpaired) electrons. The largest absolute Gasteiger partial charge is 0.497 e. The highest BCUT2D eigenvalue weighted by Gasteiger charge is 2.33. The number of rotatable bonds is 2.